The minimum atomic E-state index is 0.280. The Bertz CT molecular complexity index is 465. The van der Waals surface area contributed by atoms with Gasteiger partial charge in [0.2, 0.25) is 5.91 Å². The second-order valence-electron chi connectivity index (χ2n) is 6.32. The topological polar surface area (TPSA) is 41.6 Å². The van der Waals surface area contributed by atoms with Crippen molar-refractivity contribution in [2.75, 3.05) is 39.4 Å². The molecular formula is C18H26N2O2. The Morgan fingerprint density at radius 3 is 2.73 bits per heavy atom. The number of hydrogen-bond donors (Lipinski definition) is 1. The molecule has 4 heteroatoms. The predicted octanol–water partition coefficient (Wildman–Crippen LogP) is 2.02. The number of nitrogens with zero attached hydrogens (tertiary/aromatic N) is 1. The summed E-state index contributed by atoms with van der Waals surface area (Å²) < 4.78 is 5.35. The second-order valence-corrected chi connectivity index (χ2v) is 6.32. The monoisotopic (exact) mass is 302 g/mol. The number of rotatable bonds is 4. The molecule has 1 amide bonds. The van der Waals surface area contributed by atoms with Crippen LogP contribution in [0.3, 0.4) is 0 Å². The second kappa shape index (κ2) is 7.75. The molecule has 0 unspecified atom stereocenters. The van der Waals surface area contributed by atoms with E-state index in [1.807, 2.05) is 11.0 Å². The number of nitrogens with one attached hydrogen (secondary N) is 1. The maximum Gasteiger partial charge on any atom is 0.223 e. The molecule has 2 aliphatic heterocycles. The van der Waals surface area contributed by atoms with Gasteiger partial charge in [-0.25, -0.2) is 0 Å². The molecule has 2 aliphatic rings. The van der Waals surface area contributed by atoms with E-state index in [1.54, 1.807) is 0 Å². The van der Waals surface area contributed by atoms with Crippen LogP contribution in [0.25, 0.3) is 0 Å². The molecule has 0 bridgehead atoms. The number of carbonyl (C=O) groups excluding carboxylic acids is 1. The lowest BCUT2D eigenvalue weighted by Gasteiger charge is -2.33. The molecule has 2 heterocycles. The van der Waals surface area contributed by atoms with E-state index in [2.05, 4.69) is 29.6 Å². The van der Waals surface area contributed by atoms with E-state index < -0.39 is 0 Å². The van der Waals surface area contributed by atoms with Gasteiger partial charge in [0.25, 0.3) is 0 Å². The third-order valence-corrected chi connectivity index (χ3v) is 4.89. The van der Waals surface area contributed by atoms with Crippen molar-refractivity contribution < 1.29 is 9.53 Å². The number of ether oxygens (including phenoxy) is 1. The highest BCUT2D eigenvalue weighted by atomic mass is 16.5. The zero-order chi connectivity index (χ0) is 15.2. The fourth-order valence-corrected chi connectivity index (χ4v) is 3.61. The van der Waals surface area contributed by atoms with Gasteiger partial charge in [-0.05, 0) is 43.3 Å². The summed E-state index contributed by atoms with van der Waals surface area (Å²) in [6.45, 7) is 4.96. The number of morpholine rings is 1. The molecule has 0 spiro atoms. The van der Waals surface area contributed by atoms with Crippen molar-refractivity contribution in [3.63, 3.8) is 0 Å². The maximum atomic E-state index is 12.7. The summed E-state index contributed by atoms with van der Waals surface area (Å²) in [5.41, 5.74) is 1.30. The molecule has 120 valence electrons. The Balaban J connectivity index is 1.71. The van der Waals surface area contributed by atoms with E-state index in [0.717, 1.165) is 26.2 Å². The van der Waals surface area contributed by atoms with Gasteiger partial charge in [0, 0.05) is 19.5 Å². The van der Waals surface area contributed by atoms with E-state index in [0.29, 0.717) is 31.5 Å². The highest BCUT2D eigenvalue weighted by Gasteiger charge is 2.29. The predicted molar refractivity (Wildman–Crippen MR) is 86.8 cm³/mol. The van der Waals surface area contributed by atoms with Gasteiger partial charge in [-0.15, -0.1) is 0 Å². The van der Waals surface area contributed by atoms with Crippen LogP contribution in [0.5, 0.6) is 0 Å². The highest BCUT2D eigenvalue weighted by molar-refractivity contribution is 5.77. The largest absolute Gasteiger partial charge is 0.378 e. The first-order valence-corrected chi connectivity index (χ1v) is 8.46. The van der Waals surface area contributed by atoms with Crippen LogP contribution in [0, 0.1) is 5.92 Å². The van der Waals surface area contributed by atoms with E-state index in [9.17, 15) is 4.79 Å². The lowest BCUT2D eigenvalue weighted by molar-refractivity contribution is -0.136. The molecule has 2 atom stereocenters. The summed E-state index contributed by atoms with van der Waals surface area (Å²) in [5.74, 6) is 1.16. The van der Waals surface area contributed by atoms with Crippen LogP contribution >= 0.6 is 0 Å². The van der Waals surface area contributed by atoms with Gasteiger partial charge in [0.05, 0.1) is 13.2 Å². The van der Waals surface area contributed by atoms with Gasteiger partial charge in [-0.2, -0.15) is 0 Å². The van der Waals surface area contributed by atoms with Crippen LogP contribution in [0.1, 0.15) is 30.7 Å². The van der Waals surface area contributed by atoms with Crippen LogP contribution in [0.2, 0.25) is 0 Å². The number of piperidine rings is 1. The van der Waals surface area contributed by atoms with Crippen molar-refractivity contribution in [2.45, 2.75) is 25.2 Å². The van der Waals surface area contributed by atoms with Crippen LogP contribution in [0.4, 0.5) is 0 Å². The van der Waals surface area contributed by atoms with Gasteiger partial charge in [0.15, 0.2) is 0 Å². The first-order valence-electron chi connectivity index (χ1n) is 8.46. The Morgan fingerprint density at radius 2 is 2.05 bits per heavy atom. The molecule has 1 aromatic rings. The van der Waals surface area contributed by atoms with E-state index in [1.165, 1.54) is 18.4 Å². The van der Waals surface area contributed by atoms with Gasteiger partial charge in [-0.1, -0.05) is 30.3 Å². The Kier molecular flexibility index (Phi) is 5.46. The third kappa shape index (κ3) is 3.87. The molecule has 0 aliphatic carbocycles. The van der Waals surface area contributed by atoms with Crippen LogP contribution in [-0.4, -0.2) is 50.2 Å². The molecule has 4 nitrogen and oxygen atoms in total. The Hall–Kier alpha value is -1.39. The molecule has 0 aromatic heterocycles. The number of benzene rings is 1. The van der Waals surface area contributed by atoms with Crippen LogP contribution in [-0.2, 0) is 9.53 Å². The number of carbonyl (C=O) groups is 1. The zero-order valence-electron chi connectivity index (χ0n) is 13.2. The standard InChI is InChI=1S/C18H26N2O2/c21-18(20-9-11-22-12-10-20)13-17(15-5-2-1-3-6-15)16-7-4-8-19-14-16/h1-3,5-6,16-17,19H,4,7-14H2/t16-,17+/m1/s1. The average molecular weight is 302 g/mol. The number of hydrogen-bond acceptors (Lipinski definition) is 3. The van der Waals surface area contributed by atoms with Gasteiger partial charge < -0.3 is 15.0 Å². The summed E-state index contributed by atoms with van der Waals surface area (Å²) in [4.78, 5) is 14.6. The van der Waals surface area contributed by atoms with Crippen LogP contribution in [0.15, 0.2) is 30.3 Å². The molecule has 1 aromatic carbocycles. The zero-order valence-corrected chi connectivity index (χ0v) is 13.2. The summed E-state index contributed by atoms with van der Waals surface area (Å²) in [5, 5.41) is 3.49. The third-order valence-electron chi connectivity index (χ3n) is 4.89. The van der Waals surface area contributed by atoms with Gasteiger partial charge in [-0.3, -0.25) is 4.79 Å². The molecular weight excluding hydrogens is 276 g/mol. The lowest BCUT2D eigenvalue weighted by atomic mass is 9.79. The van der Waals surface area contributed by atoms with Crippen molar-refractivity contribution in [3.8, 4) is 0 Å². The van der Waals surface area contributed by atoms with Gasteiger partial charge >= 0.3 is 0 Å². The quantitative estimate of drug-likeness (QED) is 0.925. The normalized spacial score (nSPS) is 24.0. The first kappa shape index (κ1) is 15.5. The molecule has 2 fully saturated rings. The van der Waals surface area contributed by atoms with E-state index in [4.69, 9.17) is 4.74 Å². The average Bonchev–Trinajstić information content (AvgIpc) is 2.62. The Morgan fingerprint density at radius 1 is 1.27 bits per heavy atom. The minimum Gasteiger partial charge on any atom is -0.378 e. The summed E-state index contributed by atoms with van der Waals surface area (Å²) >= 11 is 0. The van der Waals surface area contributed by atoms with E-state index >= 15 is 0 Å². The Labute approximate surface area is 132 Å². The fourth-order valence-electron chi connectivity index (χ4n) is 3.61. The summed E-state index contributed by atoms with van der Waals surface area (Å²) in [6.07, 6.45) is 3.04. The van der Waals surface area contributed by atoms with Crippen molar-refractivity contribution in [3.05, 3.63) is 35.9 Å². The summed E-state index contributed by atoms with van der Waals surface area (Å²) in [6, 6.07) is 10.6. The maximum absolute atomic E-state index is 12.7. The van der Waals surface area contributed by atoms with Crippen molar-refractivity contribution in [1.29, 1.82) is 0 Å². The molecule has 22 heavy (non-hydrogen) atoms. The fraction of sp³-hybridized carbons (Fsp3) is 0.611. The molecule has 0 radical (unpaired) electrons. The van der Waals surface area contributed by atoms with Crippen molar-refractivity contribution in [1.82, 2.24) is 10.2 Å². The van der Waals surface area contributed by atoms with Crippen molar-refractivity contribution >= 4 is 5.91 Å². The van der Waals surface area contributed by atoms with Crippen LogP contribution < -0.4 is 5.32 Å². The molecule has 3 rings (SSSR count). The number of amides is 1. The molecule has 0 saturated carbocycles. The molecule has 1 N–H and O–H groups in total. The van der Waals surface area contributed by atoms with E-state index in [-0.39, 0.29) is 5.91 Å². The van der Waals surface area contributed by atoms with Crippen molar-refractivity contribution in [2.24, 2.45) is 5.92 Å². The highest BCUT2D eigenvalue weighted by Crippen LogP contribution is 2.33. The summed E-state index contributed by atoms with van der Waals surface area (Å²) in [7, 11) is 0. The smallest absolute Gasteiger partial charge is 0.223 e. The van der Waals surface area contributed by atoms with Gasteiger partial charge in [0.1, 0.15) is 0 Å². The minimum absolute atomic E-state index is 0.280. The molecule has 2 saturated heterocycles. The SMILES string of the molecule is O=C(C[C@@H](c1ccccc1)[C@@H]1CCCNC1)N1CCOCC1. The first-order chi connectivity index (χ1) is 10.8. The lowest BCUT2D eigenvalue weighted by Crippen LogP contribution is -2.42.